The number of hydrogen-bond acceptors (Lipinski definition) is 3. The second-order valence-corrected chi connectivity index (χ2v) is 5.43. The summed E-state index contributed by atoms with van der Waals surface area (Å²) in [5.74, 6) is 0. The third-order valence-electron chi connectivity index (χ3n) is 3.64. The Kier molecular flexibility index (Phi) is 7.09. The van der Waals surface area contributed by atoms with Gasteiger partial charge in [-0.2, -0.15) is 0 Å². The molecule has 0 aliphatic carbocycles. The molecule has 1 saturated heterocycles. The molecule has 0 spiro atoms. The zero-order chi connectivity index (χ0) is 12.7. The summed E-state index contributed by atoms with van der Waals surface area (Å²) in [4.78, 5) is 2.59. The van der Waals surface area contributed by atoms with E-state index in [2.05, 4.69) is 37.9 Å². The molecule has 1 aliphatic heterocycles. The fourth-order valence-corrected chi connectivity index (χ4v) is 2.52. The van der Waals surface area contributed by atoms with Crippen molar-refractivity contribution in [2.24, 2.45) is 0 Å². The number of hydrogen-bond donors (Lipinski definition) is 1. The molecule has 0 aromatic carbocycles. The van der Waals surface area contributed by atoms with Crippen LogP contribution >= 0.6 is 0 Å². The van der Waals surface area contributed by atoms with Gasteiger partial charge in [-0.15, -0.1) is 0 Å². The normalized spacial score (nSPS) is 24.9. The Hall–Kier alpha value is -0.120. The molecule has 0 amide bonds. The quantitative estimate of drug-likeness (QED) is 0.773. The number of ether oxygens (including phenoxy) is 1. The SMILES string of the molecule is CCOC(C)CNC1CCCN(C(C)C)CC1. The highest BCUT2D eigenvalue weighted by Crippen LogP contribution is 2.13. The summed E-state index contributed by atoms with van der Waals surface area (Å²) in [7, 11) is 0. The Morgan fingerprint density at radius 3 is 2.65 bits per heavy atom. The molecule has 0 aromatic rings. The zero-order valence-electron chi connectivity index (χ0n) is 12.0. The van der Waals surface area contributed by atoms with Crippen molar-refractivity contribution < 1.29 is 4.74 Å². The van der Waals surface area contributed by atoms with E-state index in [9.17, 15) is 0 Å². The smallest absolute Gasteiger partial charge is 0.0671 e. The molecule has 1 N–H and O–H groups in total. The van der Waals surface area contributed by atoms with Gasteiger partial charge in [0.1, 0.15) is 0 Å². The largest absolute Gasteiger partial charge is 0.377 e. The van der Waals surface area contributed by atoms with E-state index in [1.807, 2.05) is 0 Å². The van der Waals surface area contributed by atoms with Crippen LogP contribution in [0.4, 0.5) is 0 Å². The maximum absolute atomic E-state index is 5.55. The minimum Gasteiger partial charge on any atom is -0.377 e. The maximum atomic E-state index is 5.55. The van der Waals surface area contributed by atoms with Gasteiger partial charge in [0.15, 0.2) is 0 Å². The van der Waals surface area contributed by atoms with E-state index in [0.717, 1.165) is 13.2 Å². The Bertz CT molecular complexity index is 197. The predicted molar refractivity (Wildman–Crippen MR) is 73.4 cm³/mol. The third-order valence-corrected chi connectivity index (χ3v) is 3.64. The first-order valence-electron chi connectivity index (χ1n) is 7.22. The Morgan fingerprint density at radius 1 is 1.24 bits per heavy atom. The van der Waals surface area contributed by atoms with Crippen LogP contribution < -0.4 is 5.32 Å². The highest BCUT2D eigenvalue weighted by atomic mass is 16.5. The number of nitrogens with one attached hydrogen (secondary N) is 1. The molecule has 102 valence electrons. The lowest BCUT2D eigenvalue weighted by Gasteiger charge is -2.24. The monoisotopic (exact) mass is 242 g/mol. The average Bonchev–Trinajstić information content (AvgIpc) is 2.52. The van der Waals surface area contributed by atoms with Crippen LogP contribution in [0.3, 0.4) is 0 Å². The summed E-state index contributed by atoms with van der Waals surface area (Å²) in [5, 5.41) is 3.65. The second kappa shape index (κ2) is 8.06. The molecule has 1 aliphatic rings. The molecular formula is C14H30N2O. The summed E-state index contributed by atoms with van der Waals surface area (Å²) in [6, 6.07) is 1.37. The van der Waals surface area contributed by atoms with Gasteiger partial charge >= 0.3 is 0 Å². The van der Waals surface area contributed by atoms with Crippen LogP contribution in [0.5, 0.6) is 0 Å². The molecular weight excluding hydrogens is 212 g/mol. The van der Waals surface area contributed by atoms with Crippen molar-refractivity contribution in [2.45, 2.75) is 65.1 Å². The van der Waals surface area contributed by atoms with Crippen molar-refractivity contribution in [3.05, 3.63) is 0 Å². The van der Waals surface area contributed by atoms with E-state index in [4.69, 9.17) is 4.74 Å². The van der Waals surface area contributed by atoms with Crippen molar-refractivity contribution >= 4 is 0 Å². The first-order valence-corrected chi connectivity index (χ1v) is 7.22. The van der Waals surface area contributed by atoms with Gasteiger partial charge in [0.05, 0.1) is 6.10 Å². The molecule has 17 heavy (non-hydrogen) atoms. The van der Waals surface area contributed by atoms with Gasteiger partial charge in [-0.1, -0.05) is 0 Å². The van der Waals surface area contributed by atoms with Crippen LogP contribution in [0.15, 0.2) is 0 Å². The average molecular weight is 242 g/mol. The lowest BCUT2D eigenvalue weighted by molar-refractivity contribution is 0.0734. The zero-order valence-corrected chi connectivity index (χ0v) is 12.0. The first kappa shape index (κ1) is 14.9. The van der Waals surface area contributed by atoms with Gasteiger partial charge in [-0.25, -0.2) is 0 Å². The van der Waals surface area contributed by atoms with Crippen molar-refractivity contribution in [1.82, 2.24) is 10.2 Å². The van der Waals surface area contributed by atoms with Crippen LogP contribution in [0.25, 0.3) is 0 Å². The summed E-state index contributed by atoms with van der Waals surface area (Å²) in [5.41, 5.74) is 0. The molecule has 2 atom stereocenters. The molecule has 1 heterocycles. The van der Waals surface area contributed by atoms with E-state index in [0.29, 0.717) is 18.2 Å². The summed E-state index contributed by atoms with van der Waals surface area (Å²) >= 11 is 0. The molecule has 3 nitrogen and oxygen atoms in total. The van der Waals surface area contributed by atoms with Crippen molar-refractivity contribution in [2.75, 3.05) is 26.2 Å². The second-order valence-electron chi connectivity index (χ2n) is 5.43. The van der Waals surface area contributed by atoms with Gasteiger partial charge in [-0.3, -0.25) is 0 Å². The van der Waals surface area contributed by atoms with Crippen LogP contribution in [0, 0.1) is 0 Å². The van der Waals surface area contributed by atoms with Gasteiger partial charge in [-0.05, 0) is 60.0 Å². The first-order chi connectivity index (χ1) is 8.13. The van der Waals surface area contributed by atoms with Crippen molar-refractivity contribution in [3.63, 3.8) is 0 Å². The van der Waals surface area contributed by atoms with E-state index in [-0.39, 0.29) is 0 Å². The standard InChI is InChI=1S/C14H30N2O/c1-5-17-13(4)11-15-14-7-6-9-16(10-8-14)12(2)3/h12-15H,5-11H2,1-4H3. The Morgan fingerprint density at radius 2 is 2.00 bits per heavy atom. The summed E-state index contributed by atoms with van der Waals surface area (Å²) < 4.78 is 5.55. The Balaban J connectivity index is 2.22. The van der Waals surface area contributed by atoms with Crippen LogP contribution in [-0.2, 0) is 4.74 Å². The molecule has 0 aromatic heterocycles. The maximum Gasteiger partial charge on any atom is 0.0671 e. The van der Waals surface area contributed by atoms with E-state index in [1.54, 1.807) is 0 Å². The van der Waals surface area contributed by atoms with Crippen LogP contribution in [0.2, 0.25) is 0 Å². The lowest BCUT2D eigenvalue weighted by Crippen LogP contribution is -2.37. The molecule has 3 heteroatoms. The van der Waals surface area contributed by atoms with Gasteiger partial charge in [0.25, 0.3) is 0 Å². The molecule has 1 rings (SSSR count). The topological polar surface area (TPSA) is 24.5 Å². The lowest BCUT2D eigenvalue weighted by atomic mass is 10.1. The van der Waals surface area contributed by atoms with E-state index in [1.165, 1.54) is 32.4 Å². The fraction of sp³-hybridized carbons (Fsp3) is 1.00. The molecule has 0 bridgehead atoms. The van der Waals surface area contributed by atoms with Crippen LogP contribution in [-0.4, -0.2) is 49.3 Å². The van der Waals surface area contributed by atoms with Gasteiger partial charge in [0, 0.05) is 25.2 Å². The number of nitrogens with zero attached hydrogens (tertiary/aromatic N) is 1. The van der Waals surface area contributed by atoms with Gasteiger partial charge < -0.3 is 15.0 Å². The number of likely N-dealkylation sites (tertiary alicyclic amines) is 1. The summed E-state index contributed by atoms with van der Waals surface area (Å²) in [6.45, 7) is 13.1. The molecule has 0 radical (unpaired) electrons. The third kappa shape index (κ3) is 5.84. The molecule has 1 fully saturated rings. The van der Waals surface area contributed by atoms with Gasteiger partial charge in [0.2, 0.25) is 0 Å². The number of rotatable bonds is 6. The van der Waals surface area contributed by atoms with E-state index >= 15 is 0 Å². The highest BCUT2D eigenvalue weighted by molar-refractivity contribution is 4.77. The van der Waals surface area contributed by atoms with Crippen molar-refractivity contribution in [3.8, 4) is 0 Å². The highest BCUT2D eigenvalue weighted by Gasteiger charge is 2.18. The Labute approximate surface area is 107 Å². The minimum atomic E-state index is 0.337. The fourth-order valence-electron chi connectivity index (χ4n) is 2.52. The molecule has 2 unspecified atom stereocenters. The summed E-state index contributed by atoms with van der Waals surface area (Å²) in [6.07, 6.45) is 4.24. The minimum absolute atomic E-state index is 0.337. The van der Waals surface area contributed by atoms with Crippen molar-refractivity contribution in [1.29, 1.82) is 0 Å². The predicted octanol–water partition coefficient (Wildman–Crippen LogP) is 2.26. The van der Waals surface area contributed by atoms with E-state index < -0.39 is 0 Å². The van der Waals surface area contributed by atoms with Crippen LogP contribution in [0.1, 0.15) is 47.0 Å². The molecule has 0 saturated carbocycles.